The lowest BCUT2D eigenvalue weighted by atomic mass is 9.94. The standard InChI is InChI=1S/C26H45NO27S2/c1-6(32)27-11-20(52-25-16(37)21(53-55(40,41)42)13(34)8(3-29)48-25)12(33)7(2-28)47-24(11)51-19-10(5-31)49-26(17(38)22(19)54-56(43,44)45)50-18-9(4-30)46-23(39)15(36)14(18)35/h7-26,28-31,33-39H,2-5H2,1H3,(H,27,32)(H,40,41,42)(H,43,44,45)/t7-,8-,9-,10-,11-,12+,13+,14-,15-,16-,17-,18-,19+,20-,21+,22-,23-,24+,25+,26?/m1/s1. The topological polar surface area (TPSA) is 443 Å². The number of hydrogen-bond acceptors (Lipinski definition) is 25. The number of carbonyl (C=O) groups excluding carboxylic acids is 1. The molecule has 4 aliphatic heterocycles. The molecule has 0 aromatic heterocycles. The highest BCUT2D eigenvalue weighted by atomic mass is 32.3. The van der Waals surface area contributed by atoms with Crippen molar-refractivity contribution in [3.05, 3.63) is 0 Å². The molecule has 0 radical (unpaired) electrons. The van der Waals surface area contributed by atoms with Crippen molar-refractivity contribution in [1.82, 2.24) is 5.32 Å². The van der Waals surface area contributed by atoms with Gasteiger partial charge in [0.2, 0.25) is 5.91 Å². The smallest absolute Gasteiger partial charge is 0.394 e. The summed E-state index contributed by atoms with van der Waals surface area (Å²) in [5.41, 5.74) is 0. The summed E-state index contributed by atoms with van der Waals surface area (Å²) in [4.78, 5) is 12.4. The first-order valence-electron chi connectivity index (χ1n) is 16.4. The Balaban J connectivity index is 1.69. The monoisotopic (exact) mass is 867 g/mol. The summed E-state index contributed by atoms with van der Waals surface area (Å²) in [6.45, 7) is -3.37. The molecule has 30 heteroatoms. The number of rotatable bonds is 15. The summed E-state index contributed by atoms with van der Waals surface area (Å²) < 4.78 is 113. The van der Waals surface area contributed by atoms with Gasteiger partial charge in [-0.2, -0.15) is 16.8 Å². The van der Waals surface area contributed by atoms with Crippen LogP contribution < -0.4 is 5.32 Å². The zero-order valence-electron chi connectivity index (χ0n) is 28.7. The molecule has 14 N–H and O–H groups in total. The Morgan fingerprint density at radius 1 is 0.518 bits per heavy atom. The molecule has 4 rings (SSSR count). The van der Waals surface area contributed by atoms with Gasteiger partial charge in [-0.1, -0.05) is 0 Å². The van der Waals surface area contributed by atoms with E-state index >= 15 is 0 Å². The first-order chi connectivity index (χ1) is 26.0. The van der Waals surface area contributed by atoms with Crippen molar-refractivity contribution in [3.8, 4) is 0 Å². The van der Waals surface area contributed by atoms with Crippen LogP contribution in [0.3, 0.4) is 0 Å². The van der Waals surface area contributed by atoms with Gasteiger partial charge in [-0.25, -0.2) is 8.37 Å². The van der Waals surface area contributed by atoms with Gasteiger partial charge in [-0.05, 0) is 0 Å². The van der Waals surface area contributed by atoms with E-state index in [9.17, 15) is 86.9 Å². The minimum Gasteiger partial charge on any atom is -0.394 e. The lowest BCUT2D eigenvalue weighted by Crippen LogP contribution is -2.70. The molecule has 28 nitrogen and oxygen atoms in total. The second kappa shape index (κ2) is 19.3. The molecular formula is C26H45NO27S2. The molecule has 0 aromatic rings. The van der Waals surface area contributed by atoms with Crippen LogP contribution in [0, 0.1) is 0 Å². The Kier molecular flexibility index (Phi) is 16.2. The molecule has 0 aromatic carbocycles. The van der Waals surface area contributed by atoms with Crippen LogP contribution in [0.5, 0.6) is 0 Å². The number of carbonyl (C=O) groups is 1. The molecule has 0 spiro atoms. The highest BCUT2D eigenvalue weighted by molar-refractivity contribution is 7.81. The number of aliphatic hydroxyl groups excluding tert-OH is 11. The van der Waals surface area contributed by atoms with Gasteiger partial charge in [0, 0.05) is 6.92 Å². The van der Waals surface area contributed by atoms with E-state index in [4.69, 9.17) is 33.2 Å². The van der Waals surface area contributed by atoms with Crippen LogP contribution in [0.25, 0.3) is 0 Å². The first kappa shape index (κ1) is 47.2. The summed E-state index contributed by atoms with van der Waals surface area (Å²) in [6.07, 6.45) is -39.3. The van der Waals surface area contributed by atoms with Crippen molar-refractivity contribution in [1.29, 1.82) is 0 Å². The summed E-state index contributed by atoms with van der Waals surface area (Å²) in [6, 6.07) is -1.88. The predicted molar refractivity (Wildman–Crippen MR) is 166 cm³/mol. The molecule has 1 amide bonds. The lowest BCUT2D eigenvalue weighted by molar-refractivity contribution is -0.376. The van der Waals surface area contributed by atoms with Crippen LogP contribution in [0.1, 0.15) is 6.92 Å². The van der Waals surface area contributed by atoms with E-state index < -0.39 is 176 Å². The van der Waals surface area contributed by atoms with Crippen molar-refractivity contribution in [2.75, 3.05) is 26.4 Å². The Morgan fingerprint density at radius 2 is 0.929 bits per heavy atom. The van der Waals surface area contributed by atoms with E-state index in [-0.39, 0.29) is 0 Å². The average molecular weight is 868 g/mol. The number of ether oxygens (including phenoxy) is 7. The minimum atomic E-state index is -5.58. The van der Waals surface area contributed by atoms with Gasteiger partial charge in [0.25, 0.3) is 0 Å². The van der Waals surface area contributed by atoms with Gasteiger partial charge in [0.15, 0.2) is 25.2 Å². The van der Waals surface area contributed by atoms with E-state index in [1.165, 1.54) is 0 Å². The normalized spacial score (nSPS) is 45.3. The second-order valence-corrected chi connectivity index (χ2v) is 15.0. The fraction of sp³-hybridized carbons (Fsp3) is 0.962. The van der Waals surface area contributed by atoms with Gasteiger partial charge in [0.1, 0.15) is 97.6 Å². The molecule has 0 aliphatic carbocycles. The van der Waals surface area contributed by atoms with Crippen LogP contribution in [0.15, 0.2) is 0 Å². The number of aliphatic hydroxyl groups is 11. The fourth-order valence-electron chi connectivity index (χ4n) is 6.42. The summed E-state index contributed by atoms with van der Waals surface area (Å²) in [5, 5.41) is 116. The van der Waals surface area contributed by atoms with E-state index in [1.807, 2.05) is 0 Å². The first-order valence-corrected chi connectivity index (χ1v) is 19.1. The predicted octanol–water partition coefficient (Wildman–Crippen LogP) is -9.95. The highest BCUT2D eigenvalue weighted by Gasteiger charge is 2.57. The maximum atomic E-state index is 12.4. The van der Waals surface area contributed by atoms with Crippen molar-refractivity contribution < 1.29 is 128 Å². The molecule has 4 heterocycles. The van der Waals surface area contributed by atoms with Crippen LogP contribution >= 0.6 is 0 Å². The molecule has 4 saturated heterocycles. The van der Waals surface area contributed by atoms with Gasteiger partial charge in [-0.3, -0.25) is 13.9 Å². The fourth-order valence-corrected chi connectivity index (χ4v) is 7.43. The van der Waals surface area contributed by atoms with Gasteiger partial charge in [0.05, 0.1) is 26.4 Å². The van der Waals surface area contributed by atoms with Crippen molar-refractivity contribution in [2.45, 2.75) is 130 Å². The Hall–Kier alpha value is -1.51. The molecule has 0 bridgehead atoms. The van der Waals surface area contributed by atoms with Crippen molar-refractivity contribution in [2.24, 2.45) is 0 Å². The maximum absolute atomic E-state index is 12.4. The molecule has 56 heavy (non-hydrogen) atoms. The van der Waals surface area contributed by atoms with Crippen LogP contribution in [-0.2, 0) is 67.1 Å². The van der Waals surface area contributed by atoms with E-state index in [1.54, 1.807) is 0 Å². The van der Waals surface area contributed by atoms with E-state index in [2.05, 4.69) is 13.7 Å². The summed E-state index contributed by atoms with van der Waals surface area (Å²) in [5.74, 6) is -0.936. The van der Waals surface area contributed by atoms with Gasteiger partial charge < -0.3 is 94.6 Å². The van der Waals surface area contributed by atoms with Crippen LogP contribution in [-0.4, -0.2) is 237 Å². The molecule has 4 fully saturated rings. The van der Waals surface area contributed by atoms with E-state index in [0.29, 0.717) is 0 Å². The number of nitrogens with one attached hydrogen (secondary N) is 1. The van der Waals surface area contributed by atoms with E-state index in [0.717, 1.165) is 6.92 Å². The molecular weight excluding hydrogens is 822 g/mol. The Labute approximate surface area is 316 Å². The summed E-state index contributed by atoms with van der Waals surface area (Å²) >= 11 is 0. The molecule has 0 saturated carbocycles. The third-order valence-corrected chi connectivity index (χ3v) is 9.95. The number of amides is 1. The Morgan fingerprint density at radius 3 is 1.43 bits per heavy atom. The third kappa shape index (κ3) is 11.0. The SMILES string of the molecule is CC(=O)N[C@H]1[C@H](O[C@@H]2[C@H](OS(=O)(=O)O)[C@@H](O)C(O[C@H]3[C@H](O)[C@@H](O)[C@H](O)O[C@@H]3CO)O[C@@H]2CO)O[C@H](CO)[C@H](O)[C@@H]1O[C@@H]1O[C@H](CO)[C@H](O)[C@H](OS(=O)(=O)O)[C@H]1O. The quantitative estimate of drug-likeness (QED) is 0.0680. The zero-order chi connectivity index (χ0) is 42.0. The van der Waals surface area contributed by atoms with Crippen LogP contribution in [0.4, 0.5) is 0 Å². The number of hydrogen-bond donors (Lipinski definition) is 14. The summed E-state index contributed by atoms with van der Waals surface area (Å²) in [7, 11) is -11.0. The zero-order valence-corrected chi connectivity index (χ0v) is 30.4. The molecule has 4 aliphatic rings. The maximum Gasteiger partial charge on any atom is 0.397 e. The van der Waals surface area contributed by atoms with Crippen LogP contribution in [0.2, 0.25) is 0 Å². The van der Waals surface area contributed by atoms with Crippen molar-refractivity contribution >= 4 is 26.7 Å². The average Bonchev–Trinajstić information content (AvgIpc) is 3.11. The van der Waals surface area contributed by atoms with Gasteiger partial charge >= 0.3 is 20.8 Å². The van der Waals surface area contributed by atoms with Crippen molar-refractivity contribution in [3.63, 3.8) is 0 Å². The molecule has 1 unspecified atom stereocenters. The molecule has 328 valence electrons. The van der Waals surface area contributed by atoms with Gasteiger partial charge in [-0.15, -0.1) is 0 Å². The Bertz CT molecular complexity index is 1510. The largest absolute Gasteiger partial charge is 0.397 e. The lowest BCUT2D eigenvalue weighted by Gasteiger charge is -2.50. The third-order valence-electron chi connectivity index (χ3n) is 9.02. The second-order valence-electron chi connectivity index (χ2n) is 12.9. The molecule has 20 atom stereocenters. The minimum absolute atomic E-state index is 0.924. The highest BCUT2D eigenvalue weighted by Crippen LogP contribution is 2.36.